The molecule has 0 spiro atoms. The number of hydrogen-bond acceptors (Lipinski definition) is 6. The number of halogens is 1. The van der Waals surface area contributed by atoms with Crippen LogP contribution in [0.2, 0.25) is 0 Å². The summed E-state index contributed by atoms with van der Waals surface area (Å²) in [5.74, 6) is -0.0546. The second-order valence-corrected chi connectivity index (χ2v) is 3.96. The zero-order chi connectivity index (χ0) is 12.3. The van der Waals surface area contributed by atoms with E-state index in [2.05, 4.69) is 35.6 Å². The molecule has 6 nitrogen and oxygen atoms in total. The standard InChI is InChI=1S/C10H8BrN3O3/c1-16-10(15)6-3-12-9(13-4-6)7-2-8(11)17-5-14-7/h2-5,8H,1H3. The summed E-state index contributed by atoms with van der Waals surface area (Å²) in [5.41, 5.74) is 0.873. The molecule has 17 heavy (non-hydrogen) atoms. The fourth-order valence-corrected chi connectivity index (χ4v) is 1.51. The Morgan fingerprint density at radius 2 is 2.18 bits per heavy atom. The third-order valence-electron chi connectivity index (χ3n) is 1.97. The van der Waals surface area contributed by atoms with Crippen molar-refractivity contribution in [1.82, 2.24) is 9.97 Å². The summed E-state index contributed by atoms with van der Waals surface area (Å²) in [6.07, 6.45) is 5.81. The Labute approximate surface area is 106 Å². The van der Waals surface area contributed by atoms with Crippen molar-refractivity contribution >= 4 is 34.0 Å². The van der Waals surface area contributed by atoms with Gasteiger partial charge in [-0.1, -0.05) is 0 Å². The Morgan fingerprint density at radius 1 is 1.47 bits per heavy atom. The molecule has 1 aliphatic rings. The van der Waals surface area contributed by atoms with E-state index >= 15 is 0 Å². The lowest BCUT2D eigenvalue weighted by Crippen LogP contribution is -2.08. The third kappa shape index (κ3) is 2.68. The first-order valence-electron chi connectivity index (χ1n) is 4.65. The summed E-state index contributed by atoms with van der Waals surface area (Å²) in [6.45, 7) is 0. The molecular weight excluding hydrogens is 290 g/mol. The second-order valence-electron chi connectivity index (χ2n) is 3.06. The minimum absolute atomic E-state index is 0.251. The number of aliphatic imine (C=N–C) groups is 1. The van der Waals surface area contributed by atoms with E-state index < -0.39 is 5.97 Å². The van der Waals surface area contributed by atoms with Crippen LogP contribution in [0.1, 0.15) is 16.2 Å². The minimum Gasteiger partial charge on any atom is -0.465 e. The topological polar surface area (TPSA) is 73.7 Å². The number of alkyl halides is 1. The smallest absolute Gasteiger partial charge is 0.341 e. The minimum atomic E-state index is -0.473. The Balaban J connectivity index is 2.24. The molecule has 2 heterocycles. The van der Waals surface area contributed by atoms with Gasteiger partial charge in [0.05, 0.1) is 12.7 Å². The molecule has 0 radical (unpaired) electrons. The van der Waals surface area contributed by atoms with Crippen molar-refractivity contribution in [2.45, 2.75) is 5.01 Å². The van der Waals surface area contributed by atoms with Gasteiger partial charge < -0.3 is 9.47 Å². The van der Waals surface area contributed by atoms with E-state index in [4.69, 9.17) is 4.74 Å². The highest BCUT2D eigenvalue weighted by molar-refractivity contribution is 9.09. The summed E-state index contributed by atoms with van der Waals surface area (Å²) in [6, 6.07) is 0. The van der Waals surface area contributed by atoms with Crippen LogP contribution in [0.3, 0.4) is 0 Å². The van der Waals surface area contributed by atoms with Crippen LogP contribution in [-0.4, -0.2) is 34.5 Å². The van der Waals surface area contributed by atoms with E-state index in [0.717, 1.165) is 0 Å². The number of ether oxygens (including phenoxy) is 2. The molecule has 1 aromatic rings. The highest BCUT2D eigenvalue weighted by Gasteiger charge is 2.13. The van der Waals surface area contributed by atoms with Gasteiger partial charge in [0.2, 0.25) is 0 Å². The van der Waals surface area contributed by atoms with Crippen LogP contribution < -0.4 is 0 Å². The van der Waals surface area contributed by atoms with Gasteiger partial charge in [-0.2, -0.15) is 0 Å². The van der Waals surface area contributed by atoms with E-state index in [-0.39, 0.29) is 5.01 Å². The zero-order valence-corrected chi connectivity index (χ0v) is 10.4. The lowest BCUT2D eigenvalue weighted by molar-refractivity contribution is 0.0599. The average molecular weight is 298 g/mol. The van der Waals surface area contributed by atoms with Crippen LogP contribution in [0.5, 0.6) is 0 Å². The number of aromatic nitrogens is 2. The summed E-state index contributed by atoms with van der Waals surface area (Å²) >= 11 is 3.26. The number of nitrogens with zero attached hydrogens (tertiary/aromatic N) is 3. The van der Waals surface area contributed by atoms with Gasteiger partial charge >= 0.3 is 5.97 Å². The Morgan fingerprint density at radius 3 is 2.76 bits per heavy atom. The number of rotatable bonds is 2. The predicted octanol–water partition coefficient (Wildman–Crippen LogP) is 1.38. The molecule has 0 saturated carbocycles. The molecule has 2 rings (SSSR count). The molecule has 0 fully saturated rings. The number of methoxy groups -OCH3 is 1. The number of carbonyl (C=O) groups excluding carboxylic acids is 1. The Bertz CT molecular complexity index is 484. The summed E-state index contributed by atoms with van der Waals surface area (Å²) in [5, 5.41) is -0.251. The molecule has 1 aliphatic heterocycles. The molecule has 1 aromatic heterocycles. The fourth-order valence-electron chi connectivity index (χ4n) is 1.17. The second kappa shape index (κ2) is 5.05. The Kier molecular flexibility index (Phi) is 3.48. The van der Waals surface area contributed by atoms with Crippen molar-refractivity contribution in [2.75, 3.05) is 7.11 Å². The fraction of sp³-hybridized carbons (Fsp3) is 0.200. The molecule has 0 saturated heterocycles. The summed E-state index contributed by atoms with van der Waals surface area (Å²) in [7, 11) is 1.30. The van der Waals surface area contributed by atoms with Gasteiger partial charge in [0.1, 0.15) is 5.70 Å². The van der Waals surface area contributed by atoms with E-state index in [1.807, 2.05) is 0 Å². The van der Waals surface area contributed by atoms with Gasteiger partial charge in [-0.05, 0) is 22.0 Å². The largest absolute Gasteiger partial charge is 0.465 e. The maximum absolute atomic E-state index is 11.2. The number of hydrogen-bond donors (Lipinski definition) is 0. The van der Waals surface area contributed by atoms with Crippen molar-refractivity contribution in [3.63, 3.8) is 0 Å². The van der Waals surface area contributed by atoms with Gasteiger partial charge in [0.25, 0.3) is 0 Å². The molecule has 0 bridgehead atoms. The molecule has 7 heteroatoms. The predicted molar refractivity (Wildman–Crippen MR) is 63.6 cm³/mol. The molecule has 88 valence electrons. The monoisotopic (exact) mass is 297 g/mol. The van der Waals surface area contributed by atoms with Crippen LogP contribution >= 0.6 is 15.9 Å². The molecule has 0 N–H and O–H groups in total. The maximum atomic E-state index is 11.2. The van der Waals surface area contributed by atoms with Crippen LogP contribution in [-0.2, 0) is 9.47 Å². The first-order valence-corrected chi connectivity index (χ1v) is 5.57. The molecule has 0 aliphatic carbocycles. The van der Waals surface area contributed by atoms with Crippen molar-refractivity contribution in [1.29, 1.82) is 0 Å². The first kappa shape index (κ1) is 11.7. The van der Waals surface area contributed by atoms with Gasteiger partial charge in [0, 0.05) is 12.4 Å². The third-order valence-corrected chi connectivity index (χ3v) is 2.45. The molecular formula is C10H8BrN3O3. The highest BCUT2D eigenvalue weighted by Crippen LogP contribution is 2.18. The quantitative estimate of drug-likeness (QED) is 0.609. The number of esters is 1. The van der Waals surface area contributed by atoms with Crippen LogP contribution in [0, 0.1) is 0 Å². The maximum Gasteiger partial charge on any atom is 0.341 e. The van der Waals surface area contributed by atoms with Gasteiger partial charge in [-0.3, -0.25) is 0 Å². The average Bonchev–Trinajstić information content (AvgIpc) is 2.38. The van der Waals surface area contributed by atoms with Gasteiger partial charge in [-0.15, -0.1) is 0 Å². The van der Waals surface area contributed by atoms with E-state index in [1.165, 1.54) is 25.9 Å². The zero-order valence-electron chi connectivity index (χ0n) is 8.83. The van der Waals surface area contributed by atoms with Crippen LogP contribution in [0.15, 0.2) is 23.5 Å². The lowest BCUT2D eigenvalue weighted by Gasteiger charge is -2.10. The van der Waals surface area contributed by atoms with Crippen LogP contribution in [0.25, 0.3) is 5.70 Å². The molecule has 1 unspecified atom stereocenters. The van der Waals surface area contributed by atoms with Gasteiger partial charge in [0.15, 0.2) is 17.2 Å². The summed E-state index contributed by atoms with van der Waals surface area (Å²) in [4.78, 5) is 23.2. The van der Waals surface area contributed by atoms with E-state index in [9.17, 15) is 4.79 Å². The molecule has 0 amide bonds. The normalized spacial score (nSPS) is 18.2. The first-order chi connectivity index (χ1) is 8.20. The highest BCUT2D eigenvalue weighted by atomic mass is 79.9. The lowest BCUT2D eigenvalue weighted by atomic mass is 10.3. The van der Waals surface area contributed by atoms with Crippen molar-refractivity contribution in [2.24, 2.45) is 4.99 Å². The summed E-state index contributed by atoms with van der Waals surface area (Å²) < 4.78 is 9.58. The molecule has 1 atom stereocenters. The molecule has 0 aromatic carbocycles. The van der Waals surface area contributed by atoms with E-state index in [1.54, 1.807) is 6.08 Å². The van der Waals surface area contributed by atoms with E-state index in [0.29, 0.717) is 17.1 Å². The number of carbonyl (C=O) groups is 1. The van der Waals surface area contributed by atoms with Crippen molar-refractivity contribution in [3.8, 4) is 0 Å². The van der Waals surface area contributed by atoms with Gasteiger partial charge in [-0.25, -0.2) is 19.8 Å². The van der Waals surface area contributed by atoms with Crippen LogP contribution in [0.4, 0.5) is 0 Å². The van der Waals surface area contributed by atoms with Crippen molar-refractivity contribution in [3.05, 3.63) is 29.9 Å². The van der Waals surface area contributed by atoms with Crippen molar-refractivity contribution < 1.29 is 14.3 Å². The SMILES string of the molecule is COC(=O)c1cnc(C2=CC(Br)OC=N2)nc1. The Hall–Kier alpha value is -1.76.